The summed E-state index contributed by atoms with van der Waals surface area (Å²) in [5.74, 6) is -0.404. The number of hydrogen-bond donors (Lipinski definition) is 1. The Kier molecular flexibility index (Phi) is 9.89. The van der Waals surface area contributed by atoms with E-state index in [1.165, 1.54) is 10.6 Å². The number of sulfonamides is 1. The van der Waals surface area contributed by atoms with Crippen molar-refractivity contribution in [3.05, 3.63) is 64.7 Å². The minimum absolute atomic E-state index is 0.0393. The van der Waals surface area contributed by atoms with E-state index in [2.05, 4.69) is 5.32 Å². The molecule has 192 valence electrons. The number of carbonyl (C=O) groups is 2. The van der Waals surface area contributed by atoms with Crippen LogP contribution in [0.15, 0.2) is 42.5 Å². The van der Waals surface area contributed by atoms with E-state index in [1.54, 1.807) is 17.9 Å². The molecule has 8 heteroatoms. The molecule has 35 heavy (non-hydrogen) atoms. The van der Waals surface area contributed by atoms with Gasteiger partial charge in [-0.15, -0.1) is 0 Å². The monoisotopic (exact) mass is 501 g/mol. The molecular formula is C27H39N3O4S. The molecule has 0 saturated carbocycles. The van der Waals surface area contributed by atoms with Crippen molar-refractivity contribution in [2.45, 2.75) is 73.0 Å². The Balaban J connectivity index is 2.18. The van der Waals surface area contributed by atoms with Crippen LogP contribution in [0.25, 0.3) is 0 Å². The first-order valence-corrected chi connectivity index (χ1v) is 13.8. The zero-order valence-corrected chi connectivity index (χ0v) is 22.8. The highest BCUT2D eigenvalue weighted by atomic mass is 32.2. The summed E-state index contributed by atoms with van der Waals surface area (Å²) in [6.07, 6.45) is 1.63. The molecule has 2 aromatic carbocycles. The molecule has 0 unspecified atom stereocenters. The van der Waals surface area contributed by atoms with Gasteiger partial charge in [0.2, 0.25) is 21.8 Å². The predicted molar refractivity (Wildman–Crippen MR) is 142 cm³/mol. The lowest BCUT2D eigenvalue weighted by molar-refractivity contribution is -0.140. The highest BCUT2D eigenvalue weighted by Crippen LogP contribution is 2.22. The molecule has 2 amide bonds. The lowest BCUT2D eigenvalue weighted by atomic mass is 10.1. The molecule has 2 aromatic rings. The van der Waals surface area contributed by atoms with Crippen molar-refractivity contribution in [3.8, 4) is 0 Å². The van der Waals surface area contributed by atoms with Crippen molar-refractivity contribution < 1.29 is 18.0 Å². The van der Waals surface area contributed by atoms with Crippen molar-refractivity contribution in [2.75, 3.05) is 17.1 Å². The van der Waals surface area contributed by atoms with Crippen LogP contribution in [0.2, 0.25) is 0 Å². The molecule has 1 atom stereocenters. The van der Waals surface area contributed by atoms with Crippen molar-refractivity contribution in [2.24, 2.45) is 0 Å². The summed E-state index contributed by atoms with van der Waals surface area (Å²) >= 11 is 0. The summed E-state index contributed by atoms with van der Waals surface area (Å²) < 4.78 is 26.3. The lowest BCUT2D eigenvalue weighted by Crippen LogP contribution is -2.49. The van der Waals surface area contributed by atoms with Crippen LogP contribution in [0, 0.1) is 20.8 Å². The fraction of sp³-hybridized carbons (Fsp3) is 0.481. The van der Waals surface area contributed by atoms with Crippen molar-refractivity contribution in [1.82, 2.24) is 10.2 Å². The summed E-state index contributed by atoms with van der Waals surface area (Å²) in [6, 6.07) is 12.7. The maximum Gasteiger partial charge on any atom is 0.242 e. The lowest BCUT2D eigenvalue weighted by Gasteiger charge is -2.30. The smallest absolute Gasteiger partial charge is 0.242 e. The molecule has 0 radical (unpaired) electrons. The van der Waals surface area contributed by atoms with E-state index < -0.39 is 16.1 Å². The highest BCUT2D eigenvalue weighted by molar-refractivity contribution is 7.92. The normalized spacial score (nSPS) is 12.3. The summed E-state index contributed by atoms with van der Waals surface area (Å²) in [5.41, 5.74) is 4.72. The first-order valence-electron chi connectivity index (χ1n) is 12.0. The van der Waals surface area contributed by atoms with Gasteiger partial charge >= 0.3 is 0 Å². The van der Waals surface area contributed by atoms with Crippen molar-refractivity contribution in [1.29, 1.82) is 0 Å². The van der Waals surface area contributed by atoms with Gasteiger partial charge in [-0.25, -0.2) is 8.42 Å². The second-order valence-corrected chi connectivity index (χ2v) is 11.5. The third kappa shape index (κ3) is 8.38. The average Bonchev–Trinajstić information content (AvgIpc) is 2.76. The van der Waals surface area contributed by atoms with E-state index >= 15 is 0 Å². The Morgan fingerprint density at radius 1 is 0.943 bits per heavy atom. The van der Waals surface area contributed by atoms with Gasteiger partial charge in [0.05, 0.1) is 11.9 Å². The number of carbonyl (C=O) groups excluding carboxylic acids is 2. The second-order valence-electron chi connectivity index (χ2n) is 9.55. The van der Waals surface area contributed by atoms with Crippen LogP contribution in [-0.4, -0.2) is 50.0 Å². The van der Waals surface area contributed by atoms with Gasteiger partial charge in [-0.05, 0) is 76.8 Å². The first kappa shape index (κ1) is 28.4. The van der Waals surface area contributed by atoms with E-state index in [1.807, 2.05) is 71.0 Å². The molecule has 0 aliphatic heterocycles. The zero-order valence-electron chi connectivity index (χ0n) is 22.0. The van der Waals surface area contributed by atoms with Crippen LogP contribution in [0.4, 0.5) is 5.69 Å². The van der Waals surface area contributed by atoms with Gasteiger partial charge < -0.3 is 10.2 Å². The maximum atomic E-state index is 13.3. The summed E-state index contributed by atoms with van der Waals surface area (Å²) in [7, 11) is -3.52. The molecule has 0 heterocycles. The van der Waals surface area contributed by atoms with Crippen LogP contribution in [-0.2, 0) is 26.2 Å². The molecule has 1 N–H and O–H groups in total. The standard InChI is InChI=1S/C27H39N3O4S/c1-19(2)28-27(32)23(6)29(18-24-13-10-20(3)11-14-24)26(31)9-8-16-30(35(7,33)34)25-15-12-21(4)22(5)17-25/h10-15,17,19,23H,8-9,16,18H2,1-7H3,(H,28,32)/t23-/m1/s1. The van der Waals surface area contributed by atoms with Gasteiger partial charge in [-0.1, -0.05) is 35.9 Å². The Hall–Kier alpha value is -2.87. The SMILES string of the molecule is Cc1ccc(CN(C(=O)CCCN(c2ccc(C)c(C)c2)S(C)(=O)=O)[C@H](C)C(=O)NC(C)C)cc1. The number of rotatable bonds is 11. The highest BCUT2D eigenvalue weighted by Gasteiger charge is 2.27. The number of nitrogens with one attached hydrogen (secondary N) is 1. The van der Waals surface area contributed by atoms with Crippen LogP contribution >= 0.6 is 0 Å². The minimum Gasteiger partial charge on any atom is -0.352 e. The van der Waals surface area contributed by atoms with Crippen LogP contribution < -0.4 is 9.62 Å². The number of aryl methyl sites for hydroxylation is 3. The Morgan fingerprint density at radius 3 is 2.11 bits per heavy atom. The molecular weight excluding hydrogens is 462 g/mol. The quantitative estimate of drug-likeness (QED) is 0.502. The van der Waals surface area contributed by atoms with Gasteiger partial charge in [0.25, 0.3) is 0 Å². The average molecular weight is 502 g/mol. The molecule has 0 saturated heterocycles. The molecule has 7 nitrogen and oxygen atoms in total. The predicted octanol–water partition coefficient (Wildman–Crippen LogP) is 4.10. The Morgan fingerprint density at radius 2 is 1.57 bits per heavy atom. The second kappa shape index (κ2) is 12.2. The van der Waals surface area contributed by atoms with E-state index in [-0.39, 0.29) is 30.8 Å². The fourth-order valence-electron chi connectivity index (χ4n) is 3.76. The molecule has 0 spiro atoms. The van der Waals surface area contributed by atoms with Crippen molar-refractivity contribution in [3.63, 3.8) is 0 Å². The summed E-state index contributed by atoms with van der Waals surface area (Å²) in [5, 5.41) is 2.88. The topological polar surface area (TPSA) is 86.8 Å². The summed E-state index contributed by atoms with van der Waals surface area (Å²) in [6.45, 7) is 11.9. The third-order valence-electron chi connectivity index (χ3n) is 6.00. The van der Waals surface area contributed by atoms with Crippen molar-refractivity contribution >= 4 is 27.5 Å². The molecule has 2 rings (SSSR count). The Bertz CT molecular complexity index is 1130. The number of hydrogen-bond acceptors (Lipinski definition) is 4. The minimum atomic E-state index is -3.52. The first-order chi connectivity index (χ1) is 16.3. The maximum absolute atomic E-state index is 13.3. The van der Waals surface area contributed by atoms with Gasteiger partial charge in [0.15, 0.2) is 0 Å². The molecule has 0 aromatic heterocycles. The number of amides is 2. The fourth-order valence-corrected chi connectivity index (χ4v) is 4.72. The summed E-state index contributed by atoms with van der Waals surface area (Å²) in [4.78, 5) is 27.6. The van der Waals surface area contributed by atoms with E-state index in [0.29, 0.717) is 18.7 Å². The number of nitrogens with zero attached hydrogens (tertiary/aromatic N) is 2. The van der Waals surface area contributed by atoms with E-state index in [4.69, 9.17) is 0 Å². The van der Waals surface area contributed by atoms with Crippen LogP contribution in [0.3, 0.4) is 0 Å². The number of benzene rings is 2. The van der Waals surface area contributed by atoms with Gasteiger partial charge in [-0.2, -0.15) is 0 Å². The largest absolute Gasteiger partial charge is 0.352 e. The van der Waals surface area contributed by atoms with Crippen LogP contribution in [0.5, 0.6) is 0 Å². The number of anilines is 1. The molecule has 0 fully saturated rings. The van der Waals surface area contributed by atoms with E-state index in [0.717, 1.165) is 22.3 Å². The zero-order chi connectivity index (χ0) is 26.3. The van der Waals surface area contributed by atoms with Gasteiger partial charge in [0, 0.05) is 25.6 Å². The van der Waals surface area contributed by atoms with Crippen LogP contribution in [0.1, 0.15) is 55.9 Å². The molecule has 0 bridgehead atoms. The van der Waals surface area contributed by atoms with E-state index in [9.17, 15) is 18.0 Å². The van der Waals surface area contributed by atoms with Gasteiger partial charge in [0.1, 0.15) is 6.04 Å². The third-order valence-corrected chi connectivity index (χ3v) is 7.20. The molecule has 0 aliphatic carbocycles. The van der Waals surface area contributed by atoms with Gasteiger partial charge in [-0.3, -0.25) is 13.9 Å². The Labute approximate surface area is 210 Å². The molecule has 0 aliphatic rings.